The highest BCUT2D eigenvalue weighted by molar-refractivity contribution is 5.84. The molecular weight excluding hydrogens is 226 g/mol. The number of allylic oxidation sites excluding steroid dienone is 2. The summed E-state index contributed by atoms with van der Waals surface area (Å²) in [6.45, 7) is 0. The Balaban J connectivity index is 1.81. The number of anilines is 1. The maximum absolute atomic E-state index is 11.7. The average Bonchev–Trinajstić information content (AvgIpc) is 2.34. The van der Waals surface area contributed by atoms with Gasteiger partial charge in [-0.2, -0.15) is 0 Å². The lowest BCUT2D eigenvalue weighted by molar-refractivity contribution is 0.0985. The zero-order chi connectivity index (χ0) is 12.6. The van der Waals surface area contributed by atoms with Crippen LogP contribution in [-0.2, 0) is 4.74 Å². The normalized spacial score (nSPS) is 19.7. The molecule has 0 saturated heterocycles. The average molecular weight is 245 g/mol. The van der Waals surface area contributed by atoms with Crippen molar-refractivity contribution in [2.24, 2.45) is 0 Å². The molecule has 0 radical (unpaired) electrons. The van der Waals surface area contributed by atoms with Crippen molar-refractivity contribution in [1.29, 1.82) is 0 Å². The number of hydrogen-bond acceptors (Lipinski definition) is 2. The topological polar surface area (TPSA) is 38.3 Å². The van der Waals surface area contributed by atoms with Crippen molar-refractivity contribution < 1.29 is 9.53 Å². The highest BCUT2D eigenvalue weighted by Crippen LogP contribution is 2.16. The molecule has 1 aliphatic rings. The maximum atomic E-state index is 11.7. The van der Waals surface area contributed by atoms with Crippen LogP contribution in [0.2, 0.25) is 0 Å². The van der Waals surface area contributed by atoms with Crippen molar-refractivity contribution in [3.8, 4) is 0 Å². The summed E-state index contributed by atoms with van der Waals surface area (Å²) in [4.78, 5) is 11.7. The van der Waals surface area contributed by atoms with Gasteiger partial charge in [0, 0.05) is 5.69 Å². The molecule has 0 spiro atoms. The molecule has 3 nitrogen and oxygen atoms in total. The van der Waals surface area contributed by atoms with Gasteiger partial charge in [-0.15, -0.1) is 0 Å². The summed E-state index contributed by atoms with van der Waals surface area (Å²) in [5, 5.41) is 2.75. The van der Waals surface area contributed by atoms with Gasteiger partial charge in [-0.05, 0) is 44.2 Å². The Morgan fingerprint density at radius 2 is 1.89 bits per heavy atom. The third-order valence-corrected chi connectivity index (χ3v) is 3.01. The van der Waals surface area contributed by atoms with Crippen molar-refractivity contribution in [3.05, 3.63) is 42.5 Å². The fourth-order valence-electron chi connectivity index (χ4n) is 2.06. The molecule has 1 unspecified atom stereocenters. The van der Waals surface area contributed by atoms with Gasteiger partial charge in [0.2, 0.25) is 0 Å². The van der Waals surface area contributed by atoms with Gasteiger partial charge in [0.15, 0.2) is 0 Å². The molecule has 0 aromatic heterocycles. The summed E-state index contributed by atoms with van der Waals surface area (Å²) in [6.07, 6.45) is 9.09. The zero-order valence-electron chi connectivity index (χ0n) is 10.5. The Morgan fingerprint density at radius 1 is 1.11 bits per heavy atom. The van der Waals surface area contributed by atoms with E-state index in [1.165, 1.54) is 0 Å². The number of nitrogens with one attached hydrogen (secondary N) is 1. The molecule has 0 aliphatic heterocycles. The molecular formula is C15H19NO2. The second-order valence-corrected chi connectivity index (χ2v) is 4.50. The minimum atomic E-state index is -0.351. The van der Waals surface area contributed by atoms with Crippen molar-refractivity contribution in [2.45, 2.75) is 38.2 Å². The highest BCUT2D eigenvalue weighted by Gasteiger charge is 2.14. The standard InChI is InChI=1S/C15H19NO2/c17-15(16-13-9-5-4-6-10-13)18-14-11-7-2-1-3-8-12-14/h1-2,4-6,9-10,14H,3,7-8,11-12H2,(H,16,17). The fourth-order valence-corrected chi connectivity index (χ4v) is 2.06. The van der Waals surface area contributed by atoms with Gasteiger partial charge < -0.3 is 4.74 Å². The number of carbonyl (C=O) groups is 1. The van der Waals surface area contributed by atoms with E-state index in [9.17, 15) is 4.79 Å². The zero-order valence-corrected chi connectivity index (χ0v) is 10.5. The minimum Gasteiger partial charge on any atom is -0.446 e. The molecule has 2 rings (SSSR count). The van der Waals surface area contributed by atoms with Crippen LogP contribution in [0.25, 0.3) is 0 Å². The van der Waals surface area contributed by atoms with Crippen LogP contribution in [-0.4, -0.2) is 12.2 Å². The molecule has 1 N–H and O–H groups in total. The van der Waals surface area contributed by atoms with Crippen LogP contribution in [0.5, 0.6) is 0 Å². The number of para-hydroxylation sites is 1. The van der Waals surface area contributed by atoms with Crippen molar-refractivity contribution in [1.82, 2.24) is 0 Å². The molecule has 96 valence electrons. The van der Waals surface area contributed by atoms with E-state index in [-0.39, 0.29) is 12.2 Å². The lowest BCUT2D eigenvalue weighted by Gasteiger charge is -2.18. The third kappa shape index (κ3) is 4.24. The van der Waals surface area contributed by atoms with E-state index >= 15 is 0 Å². The molecule has 1 aliphatic carbocycles. The predicted octanol–water partition coefficient (Wildman–Crippen LogP) is 4.12. The Labute approximate surface area is 108 Å². The van der Waals surface area contributed by atoms with Crippen LogP contribution < -0.4 is 5.32 Å². The monoisotopic (exact) mass is 245 g/mol. The van der Waals surface area contributed by atoms with E-state index in [2.05, 4.69) is 17.5 Å². The summed E-state index contributed by atoms with van der Waals surface area (Å²) in [7, 11) is 0. The quantitative estimate of drug-likeness (QED) is 0.796. The summed E-state index contributed by atoms with van der Waals surface area (Å²) in [5.74, 6) is 0. The van der Waals surface area contributed by atoms with Crippen molar-refractivity contribution >= 4 is 11.8 Å². The first-order valence-corrected chi connectivity index (χ1v) is 6.52. The first kappa shape index (κ1) is 12.7. The van der Waals surface area contributed by atoms with E-state index in [0.717, 1.165) is 37.8 Å². The molecule has 3 heteroatoms. The minimum absolute atomic E-state index is 0.0404. The van der Waals surface area contributed by atoms with E-state index in [1.807, 2.05) is 30.3 Å². The highest BCUT2D eigenvalue weighted by atomic mass is 16.6. The Morgan fingerprint density at radius 3 is 2.72 bits per heavy atom. The van der Waals surface area contributed by atoms with Gasteiger partial charge in [0.25, 0.3) is 0 Å². The van der Waals surface area contributed by atoms with Gasteiger partial charge in [-0.25, -0.2) is 4.79 Å². The van der Waals surface area contributed by atoms with Gasteiger partial charge in [0.1, 0.15) is 6.10 Å². The number of benzene rings is 1. The van der Waals surface area contributed by atoms with Crippen LogP contribution >= 0.6 is 0 Å². The Hall–Kier alpha value is -1.77. The summed E-state index contributed by atoms with van der Waals surface area (Å²) in [5.41, 5.74) is 0.772. The lowest BCUT2D eigenvalue weighted by atomic mass is 10.0. The Kier molecular flexibility index (Phi) is 4.82. The van der Waals surface area contributed by atoms with E-state index in [4.69, 9.17) is 4.74 Å². The number of amides is 1. The van der Waals surface area contributed by atoms with Crippen LogP contribution in [0.4, 0.5) is 10.5 Å². The lowest BCUT2D eigenvalue weighted by Crippen LogP contribution is -2.22. The predicted molar refractivity (Wildman–Crippen MR) is 72.6 cm³/mol. The smallest absolute Gasteiger partial charge is 0.411 e. The van der Waals surface area contributed by atoms with E-state index < -0.39 is 0 Å². The number of hydrogen-bond donors (Lipinski definition) is 1. The second kappa shape index (κ2) is 6.84. The molecule has 1 aromatic rings. The number of carbonyl (C=O) groups excluding carboxylic acids is 1. The molecule has 0 bridgehead atoms. The van der Waals surface area contributed by atoms with Gasteiger partial charge in [-0.1, -0.05) is 30.4 Å². The molecule has 0 heterocycles. The SMILES string of the molecule is O=C(Nc1ccccc1)OC1CCC=CCCC1. The van der Waals surface area contributed by atoms with Crippen LogP contribution in [0.3, 0.4) is 0 Å². The van der Waals surface area contributed by atoms with Gasteiger partial charge in [0.05, 0.1) is 0 Å². The third-order valence-electron chi connectivity index (χ3n) is 3.01. The first-order valence-electron chi connectivity index (χ1n) is 6.52. The van der Waals surface area contributed by atoms with Crippen LogP contribution in [0, 0.1) is 0 Å². The number of ether oxygens (including phenoxy) is 1. The molecule has 1 amide bonds. The van der Waals surface area contributed by atoms with E-state index in [1.54, 1.807) is 0 Å². The largest absolute Gasteiger partial charge is 0.446 e. The summed E-state index contributed by atoms with van der Waals surface area (Å²) < 4.78 is 5.45. The Bertz CT molecular complexity index is 400. The summed E-state index contributed by atoms with van der Waals surface area (Å²) in [6, 6.07) is 9.38. The first-order chi connectivity index (χ1) is 8.84. The molecule has 0 fully saturated rings. The second-order valence-electron chi connectivity index (χ2n) is 4.50. The van der Waals surface area contributed by atoms with Crippen LogP contribution in [0.1, 0.15) is 32.1 Å². The van der Waals surface area contributed by atoms with Crippen molar-refractivity contribution in [2.75, 3.05) is 5.32 Å². The van der Waals surface area contributed by atoms with Crippen LogP contribution in [0.15, 0.2) is 42.5 Å². The molecule has 18 heavy (non-hydrogen) atoms. The van der Waals surface area contributed by atoms with Crippen molar-refractivity contribution in [3.63, 3.8) is 0 Å². The summed E-state index contributed by atoms with van der Waals surface area (Å²) >= 11 is 0. The van der Waals surface area contributed by atoms with Gasteiger partial charge in [-0.3, -0.25) is 5.32 Å². The van der Waals surface area contributed by atoms with Gasteiger partial charge >= 0.3 is 6.09 Å². The molecule has 1 atom stereocenters. The van der Waals surface area contributed by atoms with E-state index in [0.29, 0.717) is 0 Å². The maximum Gasteiger partial charge on any atom is 0.411 e. The number of rotatable bonds is 2. The molecule has 0 saturated carbocycles. The fraction of sp³-hybridized carbons (Fsp3) is 0.400. The molecule has 1 aromatic carbocycles.